The van der Waals surface area contributed by atoms with Crippen LogP contribution < -0.4 is 5.32 Å². The van der Waals surface area contributed by atoms with Crippen LogP contribution in [0, 0.1) is 0 Å². The Morgan fingerprint density at radius 2 is 2.06 bits per heavy atom. The molecular weight excluding hydrogens is 226 g/mol. The van der Waals surface area contributed by atoms with Gasteiger partial charge < -0.3 is 15.3 Å². The Hall–Kier alpha value is -0.160. The van der Waals surface area contributed by atoms with Gasteiger partial charge in [0.05, 0.1) is 12.1 Å². The molecule has 18 heavy (non-hydrogen) atoms. The zero-order chi connectivity index (χ0) is 13.2. The normalized spacial score (nSPS) is 31.0. The number of rotatable bonds is 5. The number of nitrogens with one attached hydrogen (secondary N) is 1. The van der Waals surface area contributed by atoms with Crippen molar-refractivity contribution in [3.63, 3.8) is 0 Å². The summed E-state index contributed by atoms with van der Waals surface area (Å²) in [6.07, 6.45) is 3.77. The van der Waals surface area contributed by atoms with Gasteiger partial charge in [-0.2, -0.15) is 0 Å². The third kappa shape index (κ3) is 3.92. The highest BCUT2D eigenvalue weighted by molar-refractivity contribution is 4.95. The maximum absolute atomic E-state index is 9.70. The van der Waals surface area contributed by atoms with Crippen LogP contribution in [-0.2, 0) is 0 Å². The lowest BCUT2D eigenvalue weighted by molar-refractivity contribution is 0.0980. The minimum absolute atomic E-state index is 0.141. The molecule has 0 aromatic rings. The van der Waals surface area contributed by atoms with E-state index in [9.17, 15) is 5.11 Å². The number of nitrogens with zero attached hydrogens (tertiary/aromatic N) is 2. The first-order valence-electron chi connectivity index (χ1n) is 7.33. The van der Waals surface area contributed by atoms with Gasteiger partial charge in [-0.3, -0.25) is 4.90 Å². The van der Waals surface area contributed by atoms with Gasteiger partial charge in [0.25, 0.3) is 0 Å². The summed E-state index contributed by atoms with van der Waals surface area (Å²) in [7, 11) is 2.20. The van der Waals surface area contributed by atoms with Gasteiger partial charge in [0.2, 0.25) is 0 Å². The fraction of sp³-hybridized carbons (Fsp3) is 1.00. The molecule has 4 heteroatoms. The van der Waals surface area contributed by atoms with Crippen LogP contribution >= 0.6 is 0 Å². The Kier molecular flexibility index (Phi) is 4.64. The van der Waals surface area contributed by atoms with Gasteiger partial charge in [-0.25, -0.2) is 0 Å². The lowest BCUT2D eigenvalue weighted by atomic mass is 10.0. The van der Waals surface area contributed by atoms with Crippen LogP contribution in [0.1, 0.15) is 33.1 Å². The second kappa shape index (κ2) is 5.87. The lowest BCUT2D eigenvalue weighted by Crippen LogP contribution is -2.57. The molecule has 0 spiro atoms. The van der Waals surface area contributed by atoms with Gasteiger partial charge >= 0.3 is 0 Å². The predicted octanol–water partition coefficient (Wildman–Crippen LogP) is 0.515. The van der Waals surface area contributed by atoms with Crippen LogP contribution in [0.4, 0.5) is 0 Å². The lowest BCUT2D eigenvalue weighted by Gasteiger charge is -2.37. The van der Waals surface area contributed by atoms with E-state index in [2.05, 4.69) is 36.0 Å². The molecule has 0 amide bonds. The first-order chi connectivity index (χ1) is 8.52. The quantitative estimate of drug-likeness (QED) is 0.751. The second-order valence-electron chi connectivity index (χ2n) is 6.57. The van der Waals surface area contributed by atoms with E-state index in [0.29, 0.717) is 12.1 Å². The number of likely N-dealkylation sites (N-methyl/N-ethyl adjacent to an activating group) is 1. The summed E-state index contributed by atoms with van der Waals surface area (Å²) in [6.45, 7) is 9.10. The molecule has 4 nitrogen and oxygen atoms in total. The third-order valence-corrected chi connectivity index (χ3v) is 4.22. The molecule has 106 valence electrons. The van der Waals surface area contributed by atoms with Crippen molar-refractivity contribution in [3.05, 3.63) is 0 Å². The molecule has 1 aliphatic heterocycles. The van der Waals surface area contributed by atoms with Gasteiger partial charge in [-0.05, 0) is 53.2 Å². The standard InChI is InChI=1S/C14H29N3O/c1-12-9-16(3)7-4-8-17(12)10-14(2,11-18)15-13-5-6-13/h12-13,15,18H,4-11H2,1-3H3. The summed E-state index contributed by atoms with van der Waals surface area (Å²) < 4.78 is 0. The Bertz CT molecular complexity index is 270. The Labute approximate surface area is 111 Å². The molecule has 1 aliphatic carbocycles. The van der Waals surface area contributed by atoms with E-state index in [1.807, 2.05) is 0 Å². The summed E-state index contributed by atoms with van der Waals surface area (Å²) in [4.78, 5) is 4.95. The van der Waals surface area contributed by atoms with Gasteiger partial charge in [-0.15, -0.1) is 0 Å². The SMILES string of the molecule is CC1CN(C)CCCN1CC(C)(CO)NC1CC1. The number of hydrogen-bond donors (Lipinski definition) is 2. The number of aliphatic hydroxyl groups is 1. The molecule has 1 saturated heterocycles. The van der Waals surface area contributed by atoms with E-state index in [0.717, 1.165) is 19.6 Å². The molecule has 2 unspecified atom stereocenters. The maximum Gasteiger partial charge on any atom is 0.0623 e. The molecule has 2 fully saturated rings. The van der Waals surface area contributed by atoms with Crippen molar-refractivity contribution in [2.45, 2.75) is 50.7 Å². The zero-order valence-corrected chi connectivity index (χ0v) is 12.2. The van der Waals surface area contributed by atoms with Gasteiger partial charge in [-0.1, -0.05) is 0 Å². The topological polar surface area (TPSA) is 38.7 Å². The van der Waals surface area contributed by atoms with Crippen molar-refractivity contribution in [3.8, 4) is 0 Å². The second-order valence-corrected chi connectivity index (χ2v) is 6.57. The van der Waals surface area contributed by atoms with E-state index in [1.165, 1.54) is 25.8 Å². The van der Waals surface area contributed by atoms with Gasteiger partial charge in [0, 0.05) is 25.2 Å². The van der Waals surface area contributed by atoms with Gasteiger partial charge in [0.15, 0.2) is 0 Å². The van der Waals surface area contributed by atoms with Crippen molar-refractivity contribution in [1.82, 2.24) is 15.1 Å². The average Bonchev–Trinajstić information content (AvgIpc) is 3.11. The third-order valence-electron chi connectivity index (χ3n) is 4.22. The first kappa shape index (κ1) is 14.3. The molecule has 2 N–H and O–H groups in total. The Morgan fingerprint density at radius 3 is 2.67 bits per heavy atom. The van der Waals surface area contributed by atoms with Crippen LogP contribution in [0.5, 0.6) is 0 Å². The molecule has 1 saturated carbocycles. The molecule has 2 atom stereocenters. The van der Waals surface area contributed by atoms with Crippen LogP contribution in [0.25, 0.3) is 0 Å². The summed E-state index contributed by atoms with van der Waals surface area (Å²) in [5.41, 5.74) is -0.141. The summed E-state index contributed by atoms with van der Waals surface area (Å²) >= 11 is 0. The van der Waals surface area contributed by atoms with E-state index in [1.54, 1.807) is 0 Å². The summed E-state index contributed by atoms with van der Waals surface area (Å²) in [5.74, 6) is 0. The summed E-state index contributed by atoms with van der Waals surface area (Å²) in [5, 5.41) is 13.3. The first-order valence-corrected chi connectivity index (χ1v) is 7.33. The smallest absolute Gasteiger partial charge is 0.0623 e. The van der Waals surface area contributed by atoms with E-state index in [4.69, 9.17) is 0 Å². The van der Waals surface area contributed by atoms with Gasteiger partial charge in [0.1, 0.15) is 0 Å². The molecule has 0 radical (unpaired) electrons. The van der Waals surface area contributed by atoms with E-state index >= 15 is 0 Å². The molecule has 1 heterocycles. The summed E-state index contributed by atoms with van der Waals surface area (Å²) in [6, 6.07) is 1.22. The van der Waals surface area contributed by atoms with Crippen molar-refractivity contribution < 1.29 is 5.11 Å². The molecule has 0 aromatic heterocycles. The zero-order valence-electron chi connectivity index (χ0n) is 12.2. The molecule has 0 bridgehead atoms. The molecular formula is C14H29N3O. The van der Waals surface area contributed by atoms with E-state index < -0.39 is 0 Å². The highest BCUT2D eigenvalue weighted by Crippen LogP contribution is 2.23. The minimum Gasteiger partial charge on any atom is -0.394 e. The fourth-order valence-corrected chi connectivity index (χ4v) is 2.97. The number of hydrogen-bond acceptors (Lipinski definition) is 4. The Balaban J connectivity index is 1.92. The minimum atomic E-state index is -0.141. The largest absolute Gasteiger partial charge is 0.394 e. The van der Waals surface area contributed by atoms with Crippen molar-refractivity contribution in [2.24, 2.45) is 0 Å². The van der Waals surface area contributed by atoms with Crippen LogP contribution in [-0.4, -0.2) is 72.4 Å². The fourth-order valence-electron chi connectivity index (χ4n) is 2.97. The highest BCUT2D eigenvalue weighted by Gasteiger charge is 2.34. The highest BCUT2D eigenvalue weighted by atomic mass is 16.3. The average molecular weight is 255 g/mol. The Morgan fingerprint density at radius 1 is 1.33 bits per heavy atom. The van der Waals surface area contributed by atoms with Crippen LogP contribution in [0.15, 0.2) is 0 Å². The van der Waals surface area contributed by atoms with Crippen LogP contribution in [0.2, 0.25) is 0 Å². The van der Waals surface area contributed by atoms with Crippen LogP contribution in [0.3, 0.4) is 0 Å². The molecule has 2 aliphatic rings. The molecule has 2 rings (SSSR count). The maximum atomic E-state index is 9.70. The number of aliphatic hydroxyl groups excluding tert-OH is 1. The predicted molar refractivity (Wildman–Crippen MR) is 74.8 cm³/mol. The van der Waals surface area contributed by atoms with E-state index in [-0.39, 0.29) is 12.1 Å². The van der Waals surface area contributed by atoms with Crippen molar-refractivity contribution in [1.29, 1.82) is 0 Å². The van der Waals surface area contributed by atoms with Crippen molar-refractivity contribution in [2.75, 3.05) is 39.8 Å². The molecule has 0 aromatic carbocycles. The monoisotopic (exact) mass is 255 g/mol. The van der Waals surface area contributed by atoms with Crippen molar-refractivity contribution >= 4 is 0 Å².